The zero-order valence-electron chi connectivity index (χ0n) is 19.5. The van der Waals surface area contributed by atoms with Crippen molar-refractivity contribution in [2.75, 3.05) is 32.1 Å². The highest BCUT2D eigenvalue weighted by Crippen LogP contribution is 2.33. The van der Waals surface area contributed by atoms with E-state index in [9.17, 15) is 19.8 Å². The van der Waals surface area contributed by atoms with Gasteiger partial charge in [0, 0.05) is 30.9 Å². The van der Waals surface area contributed by atoms with E-state index in [0.29, 0.717) is 37.5 Å². The van der Waals surface area contributed by atoms with Gasteiger partial charge in [0.1, 0.15) is 24.6 Å². The van der Waals surface area contributed by atoms with E-state index in [2.05, 4.69) is 36.4 Å². The predicted octanol–water partition coefficient (Wildman–Crippen LogP) is 1.05. The van der Waals surface area contributed by atoms with Crippen molar-refractivity contribution in [3.8, 4) is 5.88 Å². The fourth-order valence-corrected chi connectivity index (χ4v) is 5.06. The number of carboxylic acid groups (broad SMARTS) is 1. The quantitative estimate of drug-likeness (QED) is 0.536. The topological polar surface area (TPSA) is 124 Å². The molecule has 1 aromatic rings. The number of likely N-dealkylation sites (tertiary alicyclic amines) is 1. The fourth-order valence-electron chi connectivity index (χ4n) is 5.06. The van der Waals surface area contributed by atoms with Gasteiger partial charge in [0.05, 0.1) is 25.7 Å². The Bertz CT molecular complexity index is 830. The van der Waals surface area contributed by atoms with Crippen molar-refractivity contribution in [2.24, 2.45) is 5.92 Å². The standard InChI is InChI=1S/C23H36N4O5/c1-23(2,3)27(11-9-17(10-12-27)24-22(30)31)14-18(28)7-5-16-13-15-6-8-19(32-4)25-20(15)26-21(16)29/h6,8,16-18,24,28H,5,7,9-14H2,1-4H3,(H-,25,26,29,30,31). The lowest BCUT2D eigenvalue weighted by Gasteiger charge is -2.53. The number of rotatable bonds is 7. The first kappa shape index (κ1) is 24.3. The van der Waals surface area contributed by atoms with E-state index in [1.807, 2.05) is 6.07 Å². The highest BCUT2D eigenvalue weighted by molar-refractivity contribution is 5.94. The van der Waals surface area contributed by atoms with Crippen molar-refractivity contribution >= 4 is 17.8 Å². The molecule has 2 unspecified atom stereocenters. The maximum atomic E-state index is 12.6. The number of anilines is 1. The number of hydrogen-bond donors (Lipinski definition) is 3. The van der Waals surface area contributed by atoms with E-state index in [1.54, 1.807) is 13.2 Å². The van der Waals surface area contributed by atoms with Gasteiger partial charge in [-0.3, -0.25) is 4.79 Å². The van der Waals surface area contributed by atoms with Crippen LogP contribution in [-0.2, 0) is 11.2 Å². The number of aliphatic hydroxyl groups is 1. The number of nitrogens with one attached hydrogen (secondary N) is 2. The molecule has 1 saturated heterocycles. The van der Waals surface area contributed by atoms with Gasteiger partial charge < -0.3 is 34.9 Å². The molecule has 3 heterocycles. The maximum Gasteiger partial charge on any atom is 0.228 e. The molecule has 0 spiro atoms. The number of pyridine rings is 1. The van der Waals surface area contributed by atoms with Crippen LogP contribution in [0.25, 0.3) is 0 Å². The number of fused-ring (bicyclic) bond motifs is 1. The van der Waals surface area contributed by atoms with E-state index >= 15 is 0 Å². The minimum Gasteiger partial charge on any atom is -0.530 e. The molecule has 1 fully saturated rings. The van der Waals surface area contributed by atoms with Gasteiger partial charge in [0.2, 0.25) is 11.8 Å². The van der Waals surface area contributed by atoms with Gasteiger partial charge in [-0.05, 0) is 51.7 Å². The first-order chi connectivity index (χ1) is 15.0. The van der Waals surface area contributed by atoms with Crippen molar-refractivity contribution in [1.29, 1.82) is 0 Å². The number of nitrogens with zero attached hydrogens (tertiary/aromatic N) is 2. The molecular formula is C23H36N4O5. The van der Waals surface area contributed by atoms with Crippen LogP contribution in [0.2, 0.25) is 0 Å². The predicted molar refractivity (Wildman–Crippen MR) is 118 cm³/mol. The van der Waals surface area contributed by atoms with Gasteiger partial charge in [0.15, 0.2) is 0 Å². The van der Waals surface area contributed by atoms with E-state index < -0.39 is 12.2 Å². The van der Waals surface area contributed by atoms with Crippen LogP contribution < -0.4 is 20.5 Å². The second-order valence-electron chi connectivity index (χ2n) is 10.1. The molecule has 2 aliphatic heterocycles. The summed E-state index contributed by atoms with van der Waals surface area (Å²) in [6.45, 7) is 8.66. The van der Waals surface area contributed by atoms with Crippen LogP contribution in [0.3, 0.4) is 0 Å². The monoisotopic (exact) mass is 448 g/mol. The number of carbonyl (C=O) groups excluding carboxylic acids is 2. The lowest BCUT2D eigenvalue weighted by molar-refractivity contribution is -0.977. The molecule has 0 aliphatic carbocycles. The van der Waals surface area contributed by atoms with Crippen LogP contribution in [-0.4, -0.2) is 71.0 Å². The van der Waals surface area contributed by atoms with Crippen molar-refractivity contribution < 1.29 is 29.0 Å². The molecule has 1 aromatic heterocycles. The Morgan fingerprint density at radius 1 is 1.38 bits per heavy atom. The van der Waals surface area contributed by atoms with Crippen LogP contribution in [0.15, 0.2) is 12.1 Å². The van der Waals surface area contributed by atoms with Gasteiger partial charge in [-0.2, -0.15) is 4.98 Å². The molecule has 0 bridgehead atoms. The Labute approximate surface area is 189 Å². The maximum absolute atomic E-state index is 12.6. The molecule has 32 heavy (non-hydrogen) atoms. The van der Waals surface area contributed by atoms with E-state index in [4.69, 9.17) is 4.74 Å². The molecular weight excluding hydrogens is 412 g/mol. The van der Waals surface area contributed by atoms with Gasteiger partial charge in [-0.1, -0.05) is 0 Å². The molecule has 3 N–H and O–H groups in total. The van der Waals surface area contributed by atoms with Crippen LogP contribution in [0.5, 0.6) is 5.88 Å². The summed E-state index contributed by atoms with van der Waals surface area (Å²) in [4.78, 5) is 27.7. The second kappa shape index (κ2) is 9.62. The summed E-state index contributed by atoms with van der Waals surface area (Å²) in [6.07, 6.45) is 1.40. The molecule has 2 aliphatic rings. The van der Waals surface area contributed by atoms with E-state index in [-0.39, 0.29) is 23.4 Å². The smallest absolute Gasteiger partial charge is 0.228 e. The molecule has 9 nitrogen and oxygen atoms in total. The Morgan fingerprint density at radius 3 is 2.66 bits per heavy atom. The van der Waals surface area contributed by atoms with Crippen molar-refractivity contribution in [2.45, 2.75) is 70.6 Å². The highest BCUT2D eigenvalue weighted by Gasteiger charge is 2.44. The summed E-state index contributed by atoms with van der Waals surface area (Å²) in [7, 11) is 1.54. The molecule has 3 rings (SSSR count). The first-order valence-corrected chi connectivity index (χ1v) is 11.4. The van der Waals surface area contributed by atoms with E-state index in [1.165, 1.54) is 0 Å². The number of quaternary nitrogens is 1. The molecule has 9 heteroatoms. The zero-order valence-corrected chi connectivity index (χ0v) is 19.5. The summed E-state index contributed by atoms with van der Waals surface area (Å²) in [6, 6.07) is 3.62. The number of piperidine rings is 1. The normalized spacial score (nSPS) is 26.6. The third-order valence-electron chi connectivity index (χ3n) is 7.21. The van der Waals surface area contributed by atoms with E-state index in [0.717, 1.165) is 36.0 Å². The van der Waals surface area contributed by atoms with Crippen LogP contribution in [0.1, 0.15) is 52.0 Å². The Hall–Kier alpha value is -2.39. The number of hydrogen-bond acceptors (Lipinski definition) is 6. The molecule has 2 atom stereocenters. The summed E-state index contributed by atoms with van der Waals surface area (Å²) in [5, 5.41) is 27.1. The summed E-state index contributed by atoms with van der Waals surface area (Å²) < 4.78 is 5.85. The largest absolute Gasteiger partial charge is 0.530 e. The fraction of sp³-hybridized carbons (Fsp3) is 0.696. The third kappa shape index (κ3) is 5.50. The van der Waals surface area contributed by atoms with Gasteiger partial charge in [-0.25, -0.2) is 0 Å². The number of methoxy groups -OCH3 is 1. The second-order valence-corrected chi connectivity index (χ2v) is 10.1. The average molecular weight is 449 g/mol. The summed E-state index contributed by atoms with van der Waals surface area (Å²) in [5.41, 5.74) is 0.893. The number of amides is 2. The SMILES string of the molecule is COc1ccc2c(n1)NC(=O)C(CCC(O)C[N+]1(C(C)(C)C)CCC(NC(=O)[O-])CC1)C2. The van der Waals surface area contributed by atoms with Gasteiger partial charge >= 0.3 is 0 Å². The van der Waals surface area contributed by atoms with Crippen molar-refractivity contribution in [1.82, 2.24) is 10.3 Å². The van der Waals surface area contributed by atoms with Crippen molar-refractivity contribution in [3.63, 3.8) is 0 Å². The third-order valence-corrected chi connectivity index (χ3v) is 7.21. The average Bonchev–Trinajstić information content (AvgIpc) is 2.72. The first-order valence-electron chi connectivity index (χ1n) is 11.4. The summed E-state index contributed by atoms with van der Waals surface area (Å²) >= 11 is 0. The highest BCUT2D eigenvalue weighted by atomic mass is 16.5. The Kier molecular flexibility index (Phi) is 7.29. The molecule has 0 aromatic carbocycles. The van der Waals surface area contributed by atoms with Crippen LogP contribution in [0.4, 0.5) is 10.6 Å². The molecule has 178 valence electrons. The number of ether oxygens (including phenoxy) is 1. The van der Waals surface area contributed by atoms with Gasteiger partial charge in [-0.15, -0.1) is 0 Å². The van der Waals surface area contributed by atoms with Crippen molar-refractivity contribution in [3.05, 3.63) is 17.7 Å². The minimum absolute atomic E-state index is 0.0701. The summed E-state index contributed by atoms with van der Waals surface area (Å²) in [5.74, 6) is 0.747. The van der Waals surface area contributed by atoms with Crippen LogP contribution >= 0.6 is 0 Å². The Balaban J connectivity index is 1.58. The number of aliphatic hydroxyl groups excluding tert-OH is 1. The molecule has 0 radical (unpaired) electrons. The lowest BCUT2D eigenvalue weighted by atomic mass is 9.88. The molecule has 0 saturated carbocycles. The van der Waals surface area contributed by atoms with Crippen LogP contribution in [0, 0.1) is 5.92 Å². The minimum atomic E-state index is -1.23. The Morgan fingerprint density at radius 2 is 2.06 bits per heavy atom. The van der Waals surface area contributed by atoms with Gasteiger partial charge in [0.25, 0.3) is 0 Å². The molecule has 2 amide bonds. The number of aromatic nitrogens is 1. The zero-order chi connectivity index (χ0) is 23.5. The number of carbonyl (C=O) groups is 2. The lowest BCUT2D eigenvalue weighted by Crippen LogP contribution is -2.67.